The third-order valence-corrected chi connectivity index (χ3v) is 8.57. The molecule has 0 bridgehead atoms. The van der Waals surface area contributed by atoms with Gasteiger partial charge in [-0.15, -0.1) is 0 Å². The van der Waals surface area contributed by atoms with Gasteiger partial charge in [-0.2, -0.15) is 10.4 Å². The Morgan fingerprint density at radius 3 is 2.61 bits per heavy atom. The van der Waals surface area contributed by atoms with E-state index < -0.39 is 11.0 Å². The molecule has 2 unspecified atom stereocenters. The number of amides is 2. The third kappa shape index (κ3) is 6.82. The lowest BCUT2D eigenvalue weighted by Gasteiger charge is -2.42. The maximum Gasteiger partial charge on any atom is 0.253 e. The van der Waals surface area contributed by atoms with Crippen molar-refractivity contribution in [3.8, 4) is 6.07 Å². The van der Waals surface area contributed by atoms with Crippen molar-refractivity contribution in [1.82, 2.24) is 15.1 Å². The van der Waals surface area contributed by atoms with E-state index >= 15 is 0 Å². The lowest BCUT2D eigenvalue weighted by atomic mass is 9.65. The summed E-state index contributed by atoms with van der Waals surface area (Å²) in [6.07, 6.45) is 6.61. The number of hydrazone groups is 1. The maximum atomic E-state index is 13.1. The number of benzene rings is 1. The van der Waals surface area contributed by atoms with Crippen LogP contribution in [0.1, 0.15) is 88.2 Å². The Morgan fingerprint density at radius 2 is 2.00 bits per heavy atom. The molecule has 1 aliphatic heterocycles. The van der Waals surface area contributed by atoms with Crippen LogP contribution in [-0.4, -0.2) is 66.2 Å². The first kappa shape index (κ1) is 31.9. The number of nitrogens with zero attached hydrogens (tertiary/aromatic N) is 4. The number of likely N-dealkylation sites (tertiary alicyclic amines) is 1. The number of aryl methyl sites for hydroxylation is 1. The van der Waals surface area contributed by atoms with E-state index in [1.165, 1.54) is 11.1 Å². The summed E-state index contributed by atoms with van der Waals surface area (Å²) in [4.78, 5) is 29.2. The molecule has 2 atom stereocenters. The smallest absolute Gasteiger partial charge is 0.253 e. The molecule has 3 rings (SSSR count). The minimum atomic E-state index is -0.854. The van der Waals surface area contributed by atoms with E-state index in [1.807, 2.05) is 18.2 Å². The molecule has 0 spiro atoms. The van der Waals surface area contributed by atoms with Gasteiger partial charge in [0.25, 0.3) is 5.91 Å². The van der Waals surface area contributed by atoms with E-state index in [9.17, 15) is 14.9 Å². The first-order valence-corrected chi connectivity index (χ1v) is 14.4. The molecule has 222 valence electrons. The highest BCUT2D eigenvalue weighted by atomic mass is 16.2. The molecule has 2 amide bonds. The molecule has 2 aliphatic rings. The Kier molecular flexibility index (Phi) is 10.0. The fourth-order valence-electron chi connectivity index (χ4n) is 6.27. The maximum absolute atomic E-state index is 13.1. The van der Waals surface area contributed by atoms with E-state index in [1.54, 1.807) is 23.9 Å². The second kappa shape index (κ2) is 12.9. The number of rotatable bonds is 9. The van der Waals surface area contributed by atoms with E-state index in [0.717, 1.165) is 42.4 Å². The van der Waals surface area contributed by atoms with Gasteiger partial charge in [0.05, 0.1) is 18.0 Å². The monoisotopic (exact) mass is 561 g/mol. The number of allylic oxidation sites excluding steroid dienone is 3. The van der Waals surface area contributed by atoms with E-state index in [4.69, 9.17) is 11.6 Å². The summed E-state index contributed by atoms with van der Waals surface area (Å²) in [5.41, 5.74) is 11.6. The molecule has 1 saturated heterocycles. The fraction of sp³-hybridized carbons (Fsp3) is 0.562. The summed E-state index contributed by atoms with van der Waals surface area (Å²) in [5, 5.41) is 17.0. The highest BCUT2D eigenvalue weighted by Crippen LogP contribution is 2.46. The van der Waals surface area contributed by atoms with Crippen molar-refractivity contribution in [2.24, 2.45) is 16.7 Å². The summed E-state index contributed by atoms with van der Waals surface area (Å²) in [6, 6.07) is 7.72. The molecule has 1 fully saturated rings. The van der Waals surface area contributed by atoms with Crippen molar-refractivity contribution in [3.05, 3.63) is 57.7 Å². The zero-order valence-electron chi connectivity index (χ0n) is 25.8. The average Bonchev–Trinajstić information content (AvgIpc) is 3.38. The van der Waals surface area contributed by atoms with Crippen LogP contribution >= 0.6 is 0 Å². The lowest BCUT2D eigenvalue weighted by Crippen LogP contribution is -2.54. The van der Waals surface area contributed by atoms with Crippen molar-refractivity contribution in [2.45, 2.75) is 90.1 Å². The molecule has 1 aromatic rings. The number of nitriles is 1. The van der Waals surface area contributed by atoms with Crippen LogP contribution in [0.2, 0.25) is 0 Å². The van der Waals surface area contributed by atoms with Gasteiger partial charge in [-0.1, -0.05) is 28.9 Å². The van der Waals surface area contributed by atoms with Gasteiger partial charge in [0.1, 0.15) is 11.9 Å². The number of amidine groups is 1. The van der Waals surface area contributed by atoms with E-state index in [-0.39, 0.29) is 24.4 Å². The van der Waals surface area contributed by atoms with E-state index in [0.29, 0.717) is 30.8 Å². The number of carbonyl (C=O) groups is 2. The molecular weight excluding hydrogens is 514 g/mol. The summed E-state index contributed by atoms with van der Waals surface area (Å²) in [6.45, 7) is 11.1. The predicted molar refractivity (Wildman–Crippen MR) is 164 cm³/mol. The minimum Gasteiger partial charge on any atom is -0.385 e. The topological polar surface area (TPSA) is 141 Å². The van der Waals surface area contributed by atoms with Crippen molar-refractivity contribution < 1.29 is 9.59 Å². The first-order valence-electron chi connectivity index (χ1n) is 14.4. The van der Waals surface area contributed by atoms with Crippen molar-refractivity contribution in [1.29, 1.82) is 5.26 Å². The van der Waals surface area contributed by atoms with Gasteiger partial charge in [0.15, 0.2) is 0 Å². The van der Waals surface area contributed by atoms with Crippen molar-refractivity contribution >= 4 is 17.6 Å². The molecule has 0 saturated carbocycles. The SMILES string of the molecule is CC(C)=CCC1=C(C)C(CC(C)(C)NCC(=O)N2CCCC2C#N)(/C(N)=N/N)c2ccc(C(=O)N(C)C)cc2CC1. The second-order valence-electron chi connectivity index (χ2n) is 12.5. The number of nitrogens with one attached hydrogen (secondary N) is 1. The number of hydrogen-bond donors (Lipinski definition) is 3. The van der Waals surface area contributed by atoms with Crippen LogP contribution in [0.5, 0.6) is 0 Å². The largest absolute Gasteiger partial charge is 0.385 e. The molecule has 0 radical (unpaired) electrons. The Balaban J connectivity index is 2.11. The fourth-order valence-corrected chi connectivity index (χ4v) is 6.27. The zero-order chi connectivity index (χ0) is 30.5. The van der Waals surface area contributed by atoms with Gasteiger partial charge in [-0.25, -0.2) is 0 Å². The molecule has 0 aromatic heterocycles. The van der Waals surface area contributed by atoms with Crippen LogP contribution in [0.25, 0.3) is 0 Å². The normalized spacial score (nSPS) is 21.2. The first-order chi connectivity index (χ1) is 19.3. The highest BCUT2D eigenvalue weighted by Gasteiger charge is 2.46. The van der Waals surface area contributed by atoms with Crippen molar-refractivity contribution in [3.63, 3.8) is 0 Å². The van der Waals surface area contributed by atoms with Crippen LogP contribution < -0.4 is 16.9 Å². The van der Waals surface area contributed by atoms with Crippen LogP contribution in [0.15, 0.2) is 46.1 Å². The summed E-state index contributed by atoms with van der Waals surface area (Å²) < 4.78 is 0. The minimum absolute atomic E-state index is 0.0596. The van der Waals surface area contributed by atoms with Gasteiger partial charge in [-0.05, 0) is 96.4 Å². The molecule has 5 N–H and O–H groups in total. The van der Waals surface area contributed by atoms with Crippen LogP contribution in [0.3, 0.4) is 0 Å². The lowest BCUT2D eigenvalue weighted by molar-refractivity contribution is -0.130. The standard InChI is InChI=1S/C32H47N7O2/c1-21(2)10-11-23-12-13-24-17-25(29(41)38(6)7)14-15-27(24)32(22(23)3,30(34)37-35)20-31(4,5)36-19-28(40)39-16-8-9-26(39)18-33/h10,14-15,17,26,36H,8-9,11-13,16,19-20,35H2,1-7H3,(H2,34,37). The number of nitrogens with two attached hydrogens (primary N) is 2. The van der Waals surface area contributed by atoms with Crippen LogP contribution in [-0.2, 0) is 16.6 Å². The van der Waals surface area contributed by atoms with Gasteiger partial charge in [-0.3, -0.25) is 9.59 Å². The third-order valence-electron chi connectivity index (χ3n) is 8.57. The summed E-state index contributed by atoms with van der Waals surface area (Å²) in [7, 11) is 3.49. The second-order valence-corrected chi connectivity index (χ2v) is 12.5. The number of fused-ring (bicyclic) bond motifs is 1. The molecule has 41 heavy (non-hydrogen) atoms. The average molecular weight is 562 g/mol. The predicted octanol–water partition coefficient (Wildman–Crippen LogP) is 3.75. The number of carbonyl (C=O) groups excluding carboxylic acids is 2. The Morgan fingerprint density at radius 1 is 1.29 bits per heavy atom. The Hall–Kier alpha value is -3.64. The van der Waals surface area contributed by atoms with E-state index in [2.05, 4.69) is 57.2 Å². The Labute approximate surface area is 245 Å². The van der Waals surface area contributed by atoms with Gasteiger partial charge in [0, 0.05) is 31.7 Å². The molecule has 9 nitrogen and oxygen atoms in total. The molecular formula is C32H47N7O2. The molecule has 1 aliphatic carbocycles. The molecule has 1 heterocycles. The zero-order valence-corrected chi connectivity index (χ0v) is 25.8. The molecule has 1 aromatic carbocycles. The van der Waals surface area contributed by atoms with Gasteiger partial charge in [0.2, 0.25) is 5.91 Å². The highest BCUT2D eigenvalue weighted by molar-refractivity contribution is 5.97. The van der Waals surface area contributed by atoms with Crippen LogP contribution in [0, 0.1) is 11.3 Å². The summed E-state index contributed by atoms with van der Waals surface area (Å²) >= 11 is 0. The van der Waals surface area contributed by atoms with Gasteiger partial charge >= 0.3 is 0 Å². The number of hydrogen-bond acceptors (Lipinski definition) is 6. The summed E-state index contributed by atoms with van der Waals surface area (Å²) in [5.74, 6) is 6.11. The molecule has 9 heteroatoms. The Bertz CT molecular complexity index is 1300. The van der Waals surface area contributed by atoms with Gasteiger partial charge < -0.3 is 26.7 Å². The van der Waals surface area contributed by atoms with Crippen LogP contribution in [0.4, 0.5) is 0 Å². The van der Waals surface area contributed by atoms with Crippen molar-refractivity contribution in [2.75, 3.05) is 27.2 Å². The quantitative estimate of drug-likeness (QED) is 0.138.